The number of aromatic amines is 1. The number of H-pyrrole nitrogens is 1. The smallest absolute Gasteiger partial charge is 0.362 e. The minimum Gasteiger partial charge on any atom is -0.362 e. The molecule has 200 valence electrons. The van der Waals surface area contributed by atoms with Crippen LogP contribution < -0.4 is 16.0 Å². The van der Waals surface area contributed by atoms with Gasteiger partial charge in [0.15, 0.2) is 0 Å². The van der Waals surface area contributed by atoms with Crippen LogP contribution in [-0.2, 0) is 11.0 Å². The lowest BCUT2D eigenvalue weighted by molar-refractivity contribution is -0.137. The average molecular weight is 533 g/mol. The van der Waals surface area contributed by atoms with E-state index in [-0.39, 0.29) is 11.5 Å². The Balaban J connectivity index is 0.00000172. The molecule has 2 heterocycles. The molecule has 39 heavy (non-hydrogen) atoms. The van der Waals surface area contributed by atoms with Crippen molar-refractivity contribution in [2.24, 2.45) is 0 Å². The van der Waals surface area contributed by atoms with Gasteiger partial charge in [0, 0.05) is 40.1 Å². The number of hydrogen-bond donors (Lipinski definition) is 4. The van der Waals surface area contributed by atoms with Crippen molar-refractivity contribution in [1.29, 1.82) is 0 Å². The summed E-state index contributed by atoms with van der Waals surface area (Å²) in [7, 11) is 0. The lowest BCUT2D eigenvalue weighted by Crippen LogP contribution is -2.14. The SMILES string of the molecule is CC.Cc1ccc(NC(=O)c2cccc(C(F)(F)F)c2)cc1Nc1ccc2c(c1)NC(=O)/C2=C\c1ccc[nH]1. The van der Waals surface area contributed by atoms with Crippen LogP contribution in [0.3, 0.4) is 0 Å². The summed E-state index contributed by atoms with van der Waals surface area (Å²) in [4.78, 5) is 28.2. The van der Waals surface area contributed by atoms with E-state index in [9.17, 15) is 22.8 Å². The molecule has 0 fully saturated rings. The fourth-order valence-corrected chi connectivity index (χ4v) is 4.04. The topological polar surface area (TPSA) is 86.0 Å². The van der Waals surface area contributed by atoms with Crippen LogP contribution in [0, 0.1) is 6.92 Å². The molecule has 3 aromatic carbocycles. The number of rotatable bonds is 5. The minimum absolute atomic E-state index is 0.0949. The molecule has 0 unspecified atom stereocenters. The number of hydrogen-bond acceptors (Lipinski definition) is 3. The standard InChI is InChI=1S/C28H21F3N4O2.C2H6/c1-16-7-8-21(34-26(36)17-4-2-5-18(12-17)28(29,30)31)14-24(16)33-20-9-10-22-23(13-19-6-3-11-32-19)27(37)35-25(22)15-20;1-2/h2-15,32-33H,1H3,(H,34,36)(H,35,37);1-2H3/b23-13-;. The predicted octanol–water partition coefficient (Wildman–Crippen LogP) is 7.86. The highest BCUT2D eigenvalue weighted by atomic mass is 19.4. The third-order valence-electron chi connectivity index (χ3n) is 5.95. The van der Waals surface area contributed by atoms with Crippen LogP contribution in [0.4, 0.5) is 35.9 Å². The molecule has 5 rings (SSSR count). The van der Waals surface area contributed by atoms with Crippen LogP contribution in [-0.4, -0.2) is 16.8 Å². The van der Waals surface area contributed by atoms with E-state index in [0.717, 1.165) is 29.0 Å². The summed E-state index contributed by atoms with van der Waals surface area (Å²) in [6.45, 7) is 5.88. The number of aryl methyl sites for hydroxylation is 1. The van der Waals surface area contributed by atoms with E-state index in [0.29, 0.717) is 28.3 Å². The van der Waals surface area contributed by atoms with Crippen molar-refractivity contribution in [2.75, 3.05) is 16.0 Å². The molecule has 0 bridgehead atoms. The molecule has 0 radical (unpaired) electrons. The zero-order valence-corrected chi connectivity index (χ0v) is 21.5. The number of amides is 2. The Morgan fingerprint density at radius 1 is 0.923 bits per heavy atom. The maximum absolute atomic E-state index is 13.0. The van der Waals surface area contributed by atoms with Gasteiger partial charge in [-0.3, -0.25) is 9.59 Å². The van der Waals surface area contributed by atoms with E-state index in [1.54, 1.807) is 30.5 Å². The highest BCUT2D eigenvalue weighted by molar-refractivity contribution is 6.35. The first-order valence-corrected chi connectivity index (χ1v) is 12.3. The quantitative estimate of drug-likeness (QED) is 0.197. The molecular formula is C30H27F3N4O2. The van der Waals surface area contributed by atoms with Crippen molar-refractivity contribution in [3.63, 3.8) is 0 Å². The molecule has 1 aliphatic heterocycles. The van der Waals surface area contributed by atoms with Crippen LogP contribution in [0.25, 0.3) is 11.6 Å². The third kappa shape index (κ3) is 6.20. The molecule has 0 spiro atoms. The van der Waals surface area contributed by atoms with Gasteiger partial charge in [0.2, 0.25) is 0 Å². The second-order valence-corrected chi connectivity index (χ2v) is 8.59. The average Bonchev–Trinajstić information content (AvgIpc) is 3.54. The van der Waals surface area contributed by atoms with Gasteiger partial charge < -0.3 is 20.9 Å². The number of benzene rings is 3. The van der Waals surface area contributed by atoms with E-state index in [1.165, 1.54) is 12.1 Å². The Morgan fingerprint density at radius 3 is 2.41 bits per heavy atom. The van der Waals surface area contributed by atoms with Crippen molar-refractivity contribution in [2.45, 2.75) is 26.9 Å². The number of aromatic nitrogens is 1. The van der Waals surface area contributed by atoms with Gasteiger partial charge in [-0.2, -0.15) is 13.2 Å². The van der Waals surface area contributed by atoms with Crippen LogP contribution in [0.2, 0.25) is 0 Å². The Kier molecular flexibility index (Phi) is 7.90. The molecular weight excluding hydrogens is 505 g/mol. The van der Waals surface area contributed by atoms with Gasteiger partial charge in [-0.1, -0.05) is 32.0 Å². The van der Waals surface area contributed by atoms with E-state index >= 15 is 0 Å². The Morgan fingerprint density at radius 2 is 1.69 bits per heavy atom. The Bertz CT molecular complexity index is 1540. The summed E-state index contributed by atoms with van der Waals surface area (Å²) >= 11 is 0. The molecule has 2 amide bonds. The van der Waals surface area contributed by atoms with Crippen LogP contribution >= 0.6 is 0 Å². The summed E-state index contributed by atoms with van der Waals surface area (Å²) in [5, 5.41) is 8.81. The van der Waals surface area contributed by atoms with E-state index in [4.69, 9.17) is 0 Å². The van der Waals surface area contributed by atoms with Crippen molar-refractivity contribution < 1.29 is 22.8 Å². The molecule has 4 aromatic rings. The first-order valence-electron chi connectivity index (χ1n) is 12.3. The van der Waals surface area contributed by atoms with Crippen molar-refractivity contribution >= 4 is 46.2 Å². The minimum atomic E-state index is -4.54. The molecule has 0 saturated carbocycles. The normalized spacial score (nSPS) is 13.3. The first kappa shape index (κ1) is 27.3. The lowest BCUT2D eigenvalue weighted by Gasteiger charge is -2.14. The summed E-state index contributed by atoms with van der Waals surface area (Å²) in [6.07, 6.45) is -0.967. The second kappa shape index (κ2) is 11.3. The van der Waals surface area contributed by atoms with Crippen LogP contribution in [0.1, 0.15) is 46.6 Å². The fourth-order valence-electron chi connectivity index (χ4n) is 4.04. The van der Waals surface area contributed by atoms with Gasteiger partial charge in [0.1, 0.15) is 0 Å². The number of fused-ring (bicyclic) bond motifs is 1. The highest BCUT2D eigenvalue weighted by Gasteiger charge is 2.31. The number of anilines is 4. The number of nitrogens with one attached hydrogen (secondary N) is 4. The van der Waals surface area contributed by atoms with Gasteiger partial charge in [-0.15, -0.1) is 0 Å². The van der Waals surface area contributed by atoms with Gasteiger partial charge in [0.05, 0.1) is 16.8 Å². The molecule has 0 saturated heterocycles. The van der Waals surface area contributed by atoms with Gasteiger partial charge in [-0.05, 0) is 73.2 Å². The molecule has 0 atom stereocenters. The largest absolute Gasteiger partial charge is 0.416 e. The number of halogens is 3. The maximum atomic E-state index is 13.0. The van der Waals surface area contributed by atoms with Crippen LogP contribution in [0.5, 0.6) is 0 Å². The Labute approximate surface area is 224 Å². The molecule has 0 aliphatic carbocycles. The van der Waals surface area contributed by atoms with E-state index in [2.05, 4.69) is 20.9 Å². The number of alkyl halides is 3. The molecule has 4 N–H and O–H groups in total. The number of carbonyl (C=O) groups excluding carboxylic acids is 2. The summed E-state index contributed by atoms with van der Waals surface area (Å²) in [6, 6.07) is 18.7. The number of carbonyl (C=O) groups is 2. The summed E-state index contributed by atoms with van der Waals surface area (Å²) in [5.74, 6) is -0.847. The van der Waals surface area contributed by atoms with Crippen LogP contribution in [0.15, 0.2) is 79.0 Å². The lowest BCUT2D eigenvalue weighted by atomic mass is 10.1. The fraction of sp³-hybridized carbons (Fsp3) is 0.133. The monoisotopic (exact) mass is 532 g/mol. The molecule has 1 aromatic heterocycles. The van der Waals surface area contributed by atoms with Crippen molar-refractivity contribution in [3.05, 3.63) is 107 Å². The predicted molar refractivity (Wildman–Crippen MR) is 149 cm³/mol. The molecule has 9 heteroatoms. The van der Waals surface area contributed by atoms with E-state index in [1.807, 2.05) is 51.1 Å². The van der Waals surface area contributed by atoms with E-state index < -0.39 is 17.6 Å². The second-order valence-electron chi connectivity index (χ2n) is 8.59. The summed E-state index contributed by atoms with van der Waals surface area (Å²) < 4.78 is 39.0. The van der Waals surface area contributed by atoms with Gasteiger partial charge in [-0.25, -0.2) is 0 Å². The van der Waals surface area contributed by atoms with Gasteiger partial charge in [0.25, 0.3) is 11.8 Å². The Hall–Kier alpha value is -4.79. The van der Waals surface area contributed by atoms with Gasteiger partial charge >= 0.3 is 6.18 Å². The van der Waals surface area contributed by atoms with Crippen molar-refractivity contribution in [3.8, 4) is 0 Å². The zero-order valence-electron chi connectivity index (χ0n) is 21.5. The highest BCUT2D eigenvalue weighted by Crippen LogP contribution is 2.36. The van der Waals surface area contributed by atoms with Crippen molar-refractivity contribution in [1.82, 2.24) is 4.98 Å². The molecule has 1 aliphatic rings. The zero-order chi connectivity index (χ0) is 28.2. The molecule has 6 nitrogen and oxygen atoms in total. The third-order valence-corrected chi connectivity index (χ3v) is 5.95. The first-order chi connectivity index (χ1) is 18.7. The summed E-state index contributed by atoms with van der Waals surface area (Å²) in [5.41, 5.74) is 4.54. The maximum Gasteiger partial charge on any atom is 0.416 e.